The maximum absolute atomic E-state index is 9.19. The summed E-state index contributed by atoms with van der Waals surface area (Å²) in [5, 5.41) is 80.8. The average molecular weight is 1110 g/mol. The van der Waals surface area contributed by atoms with Crippen molar-refractivity contribution in [3.63, 3.8) is 0 Å². The number of nitrogens with zero attached hydrogens (tertiary/aromatic N) is 21. The van der Waals surface area contributed by atoms with Gasteiger partial charge in [-0.05, 0) is 146 Å². The predicted molar refractivity (Wildman–Crippen MR) is 316 cm³/mol. The van der Waals surface area contributed by atoms with Crippen LogP contribution in [0, 0.1) is 85.7 Å². The van der Waals surface area contributed by atoms with Crippen molar-refractivity contribution in [2.75, 3.05) is 0 Å². The van der Waals surface area contributed by atoms with E-state index in [0.29, 0.717) is 81.8 Å². The minimum absolute atomic E-state index is 0.422. The zero-order valence-corrected chi connectivity index (χ0v) is 47.4. The van der Waals surface area contributed by atoms with E-state index in [4.69, 9.17) is 25.5 Å². The highest BCUT2D eigenvalue weighted by molar-refractivity contribution is 5.81. The molecule has 12 rings (SSSR count). The molecule has 6 aromatic heterocycles. The molecule has 6 heterocycles. The summed E-state index contributed by atoms with van der Waals surface area (Å²) in [6, 6.07) is 45.7. The van der Waals surface area contributed by atoms with Crippen molar-refractivity contribution in [2.45, 2.75) is 100 Å². The maximum atomic E-state index is 9.19. The minimum atomic E-state index is 0.422. The molecule has 0 fully saturated rings. The number of hydrogen-bond acceptors (Lipinski definition) is 15. The molecule has 0 atom stereocenters. The Hall–Kier alpha value is -11.1. The predicted octanol–water partition coefficient (Wildman–Crippen LogP) is 10.9. The normalized spacial score (nSPS) is 11.2. The average Bonchev–Trinajstić information content (AvgIpc) is 3.77. The van der Waals surface area contributed by atoms with E-state index in [1.807, 2.05) is 60.7 Å². The fourth-order valence-corrected chi connectivity index (χ4v) is 9.82. The first-order chi connectivity index (χ1) is 40.7. The zero-order valence-electron chi connectivity index (χ0n) is 47.4. The fourth-order valence-electron chi connectivity index (χ4n) is 9.82. The molecule has 84 heavy (non-hydrogen) atoms. The second kappa shape index (κ2) is 24.7. The van der Waals surface area contributed by atoms with Crippen molar-refractivity contribution < 1.29 is 0 Å². The van der Waals surface area contributed by atoms with Gasteiger partial charge in [-0.15, -0.1) is 10.2 Å². The van der Waals surface area contributed by atoms with Crippen LogP contribution in [0.4, 0.5) is 0 Å². The van der Waals surface area contributed by atoms with E-state index in [1.54, 1.807) is 62.7 Å². The van der Waals surface area contributed by atoms with E-state index in [9.17, 15) is 21.0 Å². The van der Waals surface area contributed by atoms with Gasteiger partial charge in [0.1, 0.15) is 59.2 Å². The summed E-state index contributed by atoms with van der Waals surface area (Å²) in [5.74, 6) is 4.29. The number of nitriles is 6. The monoisotopic (exact) mass is 1110 g/mol. The molecule has 21 nitrogen and oxygen atoms in total. The Bertz CT molecular complexity index is 4660. The van der Waals surface area contributed by atoms with Crippen LogP contribution >= 0.6 is 0 Å². The highest BCUT2D eigenvalue weighted by Crippen LogP contribution is 2.26. The van der Waals surface area contributed by atoms with Crippen LogP contribution in [-0.4, -0.2) is 73.6 Å². The summed E-state index contributed by atoms with van der Waals surface area (Å²) in [6.45, 7) is 17.0. The van der Waals surface area contributed by atoms with Crippen molar-refractivity contribution in [2.24, 2.45) is 17.8 Å². The van der Waals surface area contributed by atoms with Gasteiger partial charge in [0.15, 0.2) is 0 Å². The second-order valence-electron chi connectivity index (χ2n) is 21.7. The molecule has 12 aromatic rings. The summed E-state index contributed by atoms with van der Waals surface area (Å²) < 4.78 is 10.2. The number of rotatable bonds is 15. The highest BCUT2D eigenvalue weighted by atomic mass is 15.5. The molecule has 0 amide bonds. The van der Waals surface area contributed by atoms with E-state index in [1.165, 1.54) is 0 Å². The molecule has 0 spiro atoms. The SMILES string of the molecule is CC(C)CCn1c(Cn2nc3ccc(C#N)cc3n2)nc2cc(C#N)ccc21.CC(C)CCn1c(Cn2nnc3cc(C#N)ccc32)nc2cc(C#N)ccc21.CC(C)CCn1c(Cn2nnc3ccc(C#N)cc32)nc2cc(C#N)ccc21. The number of benzene rings is 6. The molecule has 0 aliphatic rings. The summed E-state index contributed by atoms with van der Waals surface area (Å²) >= 11 is 0. The molecule has 0 aliphatic carbocycles. The Morgan fingerprint density at radius 1 is 0.345 bits per heavy atom. The van der Waals surface area contributed by atoms with Crippen LogP contribution in [0.15, 0.2) is 109 Å². The standard InChI is InChI=1S/3C21H19N7/c1-14(2)7-8-27-19-6-4-15(11-22)9-18(19)24-21(27)13-28-20-10-16(12-23)3-5-17(20)25-26-28;1-14(2)7-8-27-19-5-3-15(11-22)9-17(19)24-21(27)13-28-20-6-4-16(12-23)10-18(20)25-26-28;1-14(2)7-8-27-20-6-4-16(12-23)10-19(20)24-21(27)13-28-25-17-5-3-15(11-22)9-18(17)26-28/h3*3-6,9-10,14H,7-8,13H2,1-2H3. The molecule has 0 N–H and O–H groups in total. The summed E-state index contributed by atoms with van der Waals surface area (Å²) in [4.78, 5) is 15.9. The van der Waals surface area contributed by atoms with Gasteiger partial charge in [-0.2, -0.15) is 46.6 Å². The molecule has 414 valence electrons. The number of aryl methyl sites for hydroxylation is 3. The van der Waals surface area contributed by atoms with Crippen LogP contribution in [0.2, 0.25) is 0 Å². The van der Waals surface area contributed by atoms with Crippen molar-refractivity contribution in [1.29, 1.82) is 31.6 Å². The smallest absolute Gasteiger partial charge is 0.133 e. The summed E-state index contributed by atoms with van der Waals surface area (Å²) in [5.41, 5.74) is 13.5. The molecular formula is C63H57N21. The lowest BCUT2D eigenvalue weighted by molar-refractivity contribution is 0.493. The Balaban J connectivity index is 0.000000140. The first-order valence-electron chi connectivity index (χ1n) is 27.6. The summed E-state index contributed by atoms with van der Waals surface area (Å²) in [7, 11) is 0. The molecule has 6 aromatic carbocycles. The first-order valence-corrected chi connectivity index (χ1v) is 27.6. The zero-order chi connectivity index (χ0) is 59.0. The first kappa shape index (κ1) is 56.2. The molecule has 21 heteroatoms. The third-order valence-electron chi connectivity index (χ3n) is 14.4. The largest absolute Gasteiger partial charge is 0.326 e. The van der Waals surface area contributed by atoms with Crippen LogP contribution in [0.3, 0.4) is 0 Å². The van der Waals surface area contributed by atoms with E-state index < -0.39 is 0 Å². The molecule has 0 unspecified atom stereocenters. The van der Waals surface area contributed by atoms with Gasteiger partial charge < -0.3 is 13.7 Å². The van der Waals surface area contributed by atoms with Crippen molar-refractivity contribution in [1.82, 2.24) is 73.6 Å². The number of hydrogen-bond donors (Lipinski definition) is 0. The maximum Gasteiger partial charge on any atom is 0.133 e. The fraction of sp³-hybridized carbons (Fsp3) is 0.286. The highest BCUT2D eigenvalue weighted by Gasteiger charge is 2.19. The number of fused-ring (bicyclic) bond motifs is 6. The Morgan fingerprint density at radius 3 is 1.11 bits per heavy atom. The van der Waals surface area contributed by atoms with E-state index >= 15 is 0 Å². The van der Waals surface area contributed by atoms with Gasteiger partial charge in [-0.1, -0.05) is 52.0 Å². The lowest BCUT2D eigenvalue weighted by Crippen LogP contribution is -2.12. The third kappa shape index (κ3) is 12.3. The molecule has 0 saturated carbocycles. The second-order valence-corrected chi connectivity index (χ2v) is 21.7. The van der Waals surface area contributed by atoms with Crippen LogP contribution < -0.4 is 0 Å². The van der Waals surface area contributed by atoms with Gasteiger partial charge in [0.25, 0.3) is 0 Å². The Morgan fingerprint density at radius 2 is 0.679 bits per heavy atom. The van der Waals surface area contributed by atoms with Gasteiger partial charge >= 0.3 is 0 Å². The summed E-state index contributed by atoms with van der Waals surface area (Å²) in [6.07, 6.45) is 3.08. The van der Waals surface area contributed by atoms with E-state index in [2.05, 4.69) is 122 Å². The van der Waals surface area contributed by atoms with Crippen LogP contribution in [0.25, 0.3) is 66.2 Å². The lowest BCUT2D eigenvalue weighted by atomic mass is 10.1. The third-order valence-corrected chi connectivity index (χ3v) is 14.4. The topological polar surface area (TPSA) is 288 Å². The van der Waals surface area contributed by atoms with Gasteiger partial charge in [-0.25, -0.2) is 24.3 Å². The van der Waals surface area contributed by atoms with Crippen LogP contribution in [0.1, 0.15) is 112 Å². The van der Waals surface area contributed by atoms with Crippen molar-refractivity contribution in [3.8, 4) is 36.4 Å². The molecule has 0 aliphatic heterocycles. The minimum Gasteiger partial charge on any atom is -0.326 e. The number of aromatic nitrogens is 15. The Labute approximate surface area is 483 Å². The van der Waals surface area contributed by atoms with Crippen LogP contribution in [-0.2, 0) is 39.3 Å². The molecule has 0 saturated heterocycles. The number of imidazole rings is 3. The van der Waals surface area contributed by atoms with Gasteiger partial charge in [0, 0.05) is 19.6 Å². The van der Waals surface area contributed by atoms with Crippen molar-refractivity contribution in [3.05, 3.63) is 160 Å². The van der Waals surface area contributed by atoms with E-state index in [0.717, 1.165) is 112 Å². The molecule has 0 radical (unpaired) electrons. The molecule has 0 bridgehead atoms. The van der Waals surface area contributed by atoms with Crippen LogP contribution in [0.5, 0.6) is 0 Å². The quantitative estimate of drug-likeness (QED) is 0.0922. The molecular weight excluding hydrogens is 1050 g/mol. The Kier molecular flexibility index (Phi) is 16.5. The van der Waals surface area contributed by atoms with Crippen molar-refractivity contribution >= 4 is 66.2 Å². The van der Waals surface area contributed by atoms with Gasteiger partial charge in [0.2, 0.25) is 0 Å². The van der Waals surface area contributed by atoms with Gasteiger partial charge in [-0.3, -0.25) is 0 Å². The van der Waals surface area contributed by atoms with E-state index in [-0.39, 0.29) is 0 Å². The lowest BCUT2D eigenvalue weighted by Gasteiger charge is -2.11. The van der Waals surface area contributed by atoms with Gasteiger partial charge in [0.05, 0.1) is 114 Å².